The summed E-state index contributed by atoms with van der Waals surface area (Å²) < 4.78 is 1.03. The van der Waals surface area contributed by atoms with Crippen molar-refractivity contribution in [3.05, 3.63) is 54.1 Å². The first-order valence-electron chi connectivity index (χ1n) is 5.35. The van der Waals surface area contributed by atoms with Gasteiger partial charge in [-0.15, -0.1) is 11.3 Å². The highest BCUT2D eigenvalue weighted by atomic mass is 79.9. The largest absolute Gasteiger partial charge is 0.388 e. The SMILES string of the molecule is Cc1sc(Br)cc1C(O)Cc1ccc(Cl)c(Cl)c1. The van der Waals surface area contributed by atoms with Gasteiger partial charge < -0.3 is 5.11 Å². The Morgan fingerprint density at radius 2 is 2.00 bits per heavy atom. The average molecular weight is 366 g/mol. The van der Waals surface area contributed by atoms with E-state index in [4.69, 9.17) is 23.2 Å². The molecule has 1 aromatic heterocycles. The molecule has 0 amide bonds. The van der Waals surface area contributed by atoms with Gasteiger partial charge in [-0.05, 0) is 52.2 Å². The number of hydrogen-bond acceptors (Lipinski definition) is 2. The van der Waals surface area contributed by atoms with E-state index in [0.717, 1.165) is 19.8 Å². The monoisotopic (exact) mass is 364 g/mol. The van der Waals surface area contributed by atoms with Crippen molar-refractivity contribution in [2.45, 2.75) is 19.4 Å². The first kappa shape index (κ1) is 14.4. The van der Waals surface area contributed by atoms with Crippen molar-refractivity contribution in [2.75, 3.05) is 0 Å². The molecule has 2 rings (SSSR count). The molecule has 0 bridgehead atoms. The predicted molar refractivity (Wildman–Crippen MR) is 81.9 cm³/mol. The fourth-order valence-electron chi connectivity index (χ4n) is 1.79. The van der Waals surface area contributed by atoms with Crippen LogP contribution in [0.25, 0.3) is 0 Å². The third-order valence-corrected chi connectivity index (χ3v) is 5.01. The summed E-state index contributed by atoms with van der Waals surface area (Å²) in [6.45, 7) is 2.00. The van der Waals surface area contributed by atoms with Crippen LogP contribution in [0.15, 0.2) is 28.1 Å². The lowest BCUT2D eigenvalue weighted by Gasteiger charge is -2.11. The number of benzene rings is 1. The number of thiophene rings is 1. The Balaban J connectivity index is 2.18. The zero-order chi connectivity index (χ0) is 13.3. The summed E-state index contributed by atoms with van der Waals surface area (Å²) in [5, 5.41) is 11.3. The van der Waals surface area contributed by atoms with Crippen LogP contribution in [-0.2, 0) is 6.42 Å². The molecule has 0 aliphatic rings. The van der Waals surface area contributed by atoms with Crippen LogP contribution >= 0.6 is 50.5 Å². The van der Waals surface area contributed by atoms with Gasteiger partial charge in [0.1, 0.15) is 0 Å². The van der Waals surface area contributed by atoms with E-state index in [9.17, 15) is 5.11 Å². The molecule has 1 aromatic carbocycles. The zero-order valence-electron chi connectivity index (χ0n) is 9.58. The Morgan fingerprint density at radius 1 is 1.28 bits per heavy atom. The number of rotatable bonds is 3. The maximum absolute atomic E-state index is 10.2. The van der Waals surface area contributed by atoms with Crippen molar-refractivity contribution in [2.24, 2.45) is 0 Å². The fourth-order valence-corrected chi connectivity index (χ4v) is 3.88. The molecule has 1 heterocycles. The molecule has 96 valence electrons. The molecule has 0 aliphatic heterocycles. The number of aryl methyl sites for hydroxylation is 1. The van der Waals surface area contributed by atoms with Gasteiger partial charge in [-0.25, -0.2) is 0 Å². The summed E-state index contributed by atoms with van der Waals surface area (Å²) >= 11 is 16.9. The van der Waals surface area contributed by atoms with E-state index < -0.39 is 6.10 Å². The van der Waals surface area contributed by atoms with Gasteiger partial charge in [0, 0.05) is 11.3 Å². The summed E-state index contributed by atoms with van der Waals surface area (Å²) in [6.07, 6.45) is 0.00533. The van der Waals surface area contributed by atoms with Crippen molar-refractivity contribution in [1.29, 1.82) is 0 Å². The average Bonchev–Trinajstić information content (AvgIpc) is 2.63. The molecule has 0 radical (unpaired) electrons. The Kier molecular flexibility index (Phi) is 4.73. The van der Waals surface area contributed by atoms with Crippen LogP contribution in [0.1, 0.15) is 22.1 Å². The number of halogens is 3. The van der Waals surface area contributed by atoms with E-state index in [1.165, 1.54) is 0 Å². The van der Waals surface area contributed by atoms with Crippen LogP contribution < -0.4 is 0 Å². The molecule has 2 aromatic rings. The highest BCUT2D eigenvalue weighted by Crippen LogP contribution is 2.32. The van der Waals surface area contributed by atoms with Crippen molar-refractivity contribution in [3.63, 3.8) is 0 Å². The highest BCUT2D eigenvalue weighted by Gasteiger charge is 2.14. The summed E-state index contributed by atoms with van der Waals surface area (Å²) in [7, 11) is 0. The van der Waals surface area contributed by atoms with E-state index in [1.54, 1.807) is 23.5 Å². The highest BCUT2D eigenvalue weighted by molar-refractivity contribution is 9.11. The van der Waals surface area contributed by atoms with Crippen LogP contribution in [0, 0.1) is 6.92 Å². The molecule has 0 saturated heterocycles. The standard InChI is InChI=1S/C13H11BrCl2OS/c1-7-9(6-13(14)18-7)12(17)5-8-2-3-10(15)11(16)4-8/h2-4,6,12,17H,5H2,1H3. The Labute approximate surface area is 128 Å². The molecular formula is C13H11BrCl2OS. The van der Waals surface area contributed by atoms with Gasteiger partial charge >= 0.3 is 0 Å². The van der Waals surface area contributed by atoms with Gasteiger partial charge in [-0.2, -0.15) is 0 Å². The lowest BCUT2D eigenvalue weighted by atomic mass is 10.0. The van der Waals surface area contributed by atoms with Crippen LogP contribution in [0.3, 0.4) is 0 Å². The molecule has 1 unspecified atom stereocenters. The van der Waals surface area contributed by atoms with E-state index in [2.05, 4.69) is 15.9 Å². The van der Waals surface area contributed by atoms with Crippen LogP contribution in [0.2, 0.25) is 10.0 Å². The van der Waals surface area contributed by atoms with Gasteiger partial charge in [0.15, 0.2) is 0 Å². The Hall–Kier alpha value is -0.0600. The van der Waals surface area contributed by atoms with Gasteiger partial charge in [-0.3, -0.25) is 0 Å². The molecule has 0 spiro atoms. The fraction of sp³-hybridized carbons (Fsp3) is 0.231. The second-order valence-corrected chi connectivity index (χ2v) is 7.48. The second kappa shape index (κ2) is 5.93. The van der Waals surface area contributed by atoms with Crippen molar-refractivity contribution in [3.8, 4) is 0 Å². The molecule has 0 aliphatic carbocycles. The third-order valence-electron chi connectivity index (χ3n) is 2.70. The van der Waals surface area contributed by atoms with Crippen molar-refractivity contribution < 1.29 is 5.11 Å². The number of aliphatic hydroxyl groups is 1. The Bertz CT molecular complexity index is 568. The zero-order valence-corrected chi connectivity index (χ0v) is 13.5. The molecule has 1 atom stereocenters. The minimum atomic E-state index is -0.523. The molecule has 5 heteroatoms. The van der Waals surface area contributed by atoms with Gasteiger partial charge in [0.2, 0.25) is 0 Å². The van der Waals surface area contributed by atoms with Crippen LogP contribution in [-0.4, -0.2) is 5.11 Å². The number of hydrogen-bond donors (Lipinski definition) is 1. The maximum atomic E-state index is 10.2. The van der Waals surface area contributed by atoms with E-state index >= 15 is 0 Å². The molecule has 0 saturated carbocycles. The second-order valence-electron chi connectivity index (χ2n) is 4.03. The maximum Gasteiger partial charge on any atom is 0.0841 e. The summed E-state index contributed by atoms with van der Waals surface area (Å²) in [5.41, 5.74) is 1.93. The molecule has 18 heavy (non-hydrogen) atoms. The van der Waals surface area contributed by atoms with Gasteiger partial charge in [-0.1, -0.05) is 29.3 Å². The van der Waals surface area contributed by atoms with E-state index in [1.807, 2.05) is 19.1 Å². The quantitative estimate of drug-likeness (QED) is 0.771. The lowest BCUT2D eigenvalue weighted by Crippen LogP contribution is -2.01. The van der Waals surface area contributed by atoms with Crippen molar-refractivity contribution >= 4 is 50.5 Å². The number of aliphatic hydroxyl groups excluding tert-OH is 1. The summed E-state index contributed by atoms with van der Waals surface area (Å²) in [5.74, 6) is 0. The van der Waals surface area contributed by atoms with E-state index in [-0.39, 0.29) is 0 Å². The smallest absolute Gasteiger partial charge is 0.0841 e. The lowest BCUT2D eigenvalue weighted by molar-refractivity contribution is 0.178. The summed E-state index contributed by atoms with van der Waals surface area (Å²) in [6, 6.07) is 7.39. The minimum Gasteiger partial charge on any atom is -0.388 e. The molecule has 0 fully saturated rings. The molecular weight excluding hydrogens is 355 g/mol. The van der Waals surface area contributed by atoms with Gasteiger partial charge in [0.25, 0.3) is 0 Å². The van der Waals surface area contributed by atoms with Crippen LogP contribution in [0.5, 0.6) is 0 Å². The molecule has 1 nitrogen and oxygen atoms in total. The topological polar surface area (TPSA) is 20.2 Å². The first-order valence-corrected chi connectivity index (χ1v) is 7.71. The first-order chi connectivity index (χ1) is 8.47. The van der Waals surface area contributed by atoms with Crippen molar-refractivity contribution in [1.82, 2.24) is 0 Å². The van der Waals surface area contributed by atoms with Crippen LogP contribution in [0.4, 0.5) is 0 Å². The third kappa shape index (κ3) is 3.28. The van der Waals surface area contributed by atoms with Gasteiger partial charge in [0.05, 0.1) is 19.9 Å². The minimum absolute atomic E-state index is 0.518. The normalized spacial score (nSPS) is 12.7. The summed E-state index contributed by atoms with van der Waals surface area (Å²) in [4.78, 5) is 1.12. The Morgan fingerprint density at radius 3 is 2.56 bits per heavy atom. The predicted octanol–water partition coefficient (Wildman–Crippen LogP) is 5.40. The van der Waals surface area contributed by atoms with E-state index in [0.29, 0.717) is 16.5 Å². The molecule has 1 N–H and O–H groups in total.